The van der Waals surface area contributed by atoms with Crippen molar-refractivity contribution in [3.05, 3.63) is 0 Å². The lowest BCUT2D eigenvalue weighted by Gasteiger charge is -2.24. The molecule has 60 valence electrons. The van der Waals surface area contributed by atoms with Crippen molar-refractivity contribution in [1.82, 2.24) is 0 Å². The minimum Gasteiger partial charge on any atom is -0.479 e. The van der Waals surface area contributed by atoms with Gasteiger partial charge in [-0.3, -0.25) is 0 Å². The van der Waals surface area contributed by atoms with E-state index in [2.05, 4.69) is 0 Å². The fourth-order valence-corrected chi connectivity index (χ4v) is 0.349. The van der Waals surface area contributed by atoms with Gasteiger partial charge in [-0.25, -0.2) is 4.79 Å². The van der Waals surface area contributed by atoms with E-state index in [1.165, 1.54) is 6.92 Å². The van der Waals surface area contributed by atoms with Crippen molar-refractivity contribution in [2.75, 3.05) is 0 Å². The Morgan fingerprint density at radius 1 is 1.30 bits per heavy atom. The Morgan fingerprint density at radius 3 is 1.60 bits per heavy atom. The molecule has 0 atom stereocenters. The molecule has 0 aromatic heterocycles. The summed E-state index contributed by atoms with van der Waals surface area (Å²) < 4.78 is -3.88. The van der Waals surface area contributed by atoms with E-state index >= 15 is 0 Å². The molecular weight excluding hydrogens is 222 g/mol. The van der Waals surface area contributed by atoms with Crippen molar-refractivity contribution >= 4 is 52.4 Å². The average molecular weight is 226 g/mol. The van der Waals surface area contributed by atoms with Crippen LogP contribution in [0.1, 0.15) is 6.92 Å². The highest BCUT2D eigenvalue weighted by Crippen LogP contribution is 2.42. The number of carboxylic acid groups (broad SMARTS) is 1. The normalized spacial score (nSPS) is 13.3. The number of hydrogen-bond donors (Lipinski definition) is 1. The first-order chi connectivity index (χ1) is 4.19. The highest BCUT2D eigenvalue weighted by Gasteiger charge is 2.50. The third kappa shape index (κ3) is 2.06. The van der Waals surface area contributed by atoms with E-state index in [1.54, 1.807) is 0 Å². The maximum atomic E-state index is 10.2. The minimum absolute atomic E-state index is 1.20. The van der Waals surface area contributed by atoms with Crippen molar-refractivity contribution in [2.24, 2.45) is 0 Å². The Kier molecular flexibility index (Phi) is 3.12. The first-order valence-corrected chi connectivity index (χ1v) is 3.70. The molecule has 0 bridgehead atoms. The zero-order valence-electron chi connectivity index (χ0n) is 4.87. The molecule has 0 spiro atoms. The van der Waals surface area contributed by atoms with Gasteiger partial charge in [-0.2, -0.15) is 0 Å². The second-order valence-corrected chi connectivity index (χ2v) is 4.80. The molecule has 0 aliphatic carbocycles. The molecule has 2 nitrogen and oxygen atoms in total. The number of carboxylic acids is 1. The van der Waals surface area contributed by atoms with Crippen LogP contribution in [0.25, 0.3) is 0 Å². The van der Waals surface area contributed by atoms with E-state index in [0.717, 1.165) is 0 Å². The van der Waals surface area contributed by atoms with Gasteiger partial charge in [0.25, 0.3) is 0 Å². The maximum absolute atomic E-state index is 10.2. The van der Waals surface area contributed by atoms with Gasteiger partial charge in [0.15, 0.2) is 4.33 Å². The number of halogens is 4. The summed E-state index contributed by atoms with van der Waals surface area (Å²) in [6.45, 7) is 1.20. The average Bonchev–Trinajstić information content (AvgIpc) is 1.62. The first-order valence-electron chi connectivity index (χ1n) is 2.18. The van der Waals surface area contributed by atoms with Crippen molar-refractivity contribution in [3.8, 4) is 0 Å². The first kappa shape index (κ1) is 10.6. The van der Waals surface area contributed by atoms with E-state index in [-0.39, 0.29) is 0 Å². The molecule has 0 radical (unpaired) electrons. The molecule has 0 heterocycles. The van der Waals surface area contributed by atoms with Gasteiger partial charge >= 0.3 is 5.97 Å². The smallest absolute Gasteiger partial charge is 0.343 e. The number of rotatable bonds is 2. The SMILES string of the molecule is CC(Cl)(Cl)C(Cl)(Cl)C(=O)O. The van der Waals surface area contributed by atoms with Gasteiger partial charge in [0, 0.05) is 0 Å². The van der Waals surface area contributed by atoms with Gasteiger partial charge in [0.05, 0.1) is 0 Å². The predicted molar refractivity (Wildman–Crippen MR) is 42.2 cm³/mol. The molecule has 0 saturated heterocycles. The fraction of sp³-hybridized carbons (Fsp3) is 0.750. The van der Waals surface area contributed by atoms with Gasteiger partial charge in [0.2, 0.25) is 4.33 Å². The molecule has 0 aromatic rings. The third-order valence-electron chi connectivity index (χ3n) is 0.820. The quantitative estimate of drug-likeness (QED) is 0.734. The lowest BCUT2D eigenvalue weighted by atomic mass is 10.3. The molecule has 6 heteroatoms. The highest BCUT2D eigenvalue weighted by atomic mass is 35.5. The third-order valence-corrected chi connectivity index (χ3v) is 2.85. The molecular formula is C4H4Cl4O2. The van der Waals surface area contributed by atoms with Gasteiger partial charge in [0.1, 0.15) is 0 Å². The van der Waals surface area contributed by atoms with E-state index < -0.39 is 14.6 Å². The summed E-state index contributed by atoms with van der Waals surface area (Å²) in [4.78, 5) is 10.2. The standard InChI is InChI=1S/C4H4Cl4O2/c1-3(5,6)4(7,8)2(9)10/h1H3,(H,9,10). The largest absolute Gasteiger partial charge is 0.479 e. The van der Waals surface area contributed by atoms with Gasteiger partial charge < -0.3 is 5.11 Å². The lowest BCUT2D eigenvalue weighted by molar-refractivity contribution is -0.138. The van der Waals surface area contributed by atoms with Gasteiger partial charge in [-0.1, -0.05) is 46.4 Å². The van der Waals surface area contributed by atoms with Crippen LogP contribution in [-0.2, 0) is 4.79 Å². The van der Waals surface area contributed by atoms with Crippen LogP contribution in [0.15, 0.2) is 0 Å². The molecule has 0 unspecified atom stereocenters. The highest BCUT2D eigenvalue weighted by molar-refractivity contribution is 6.68. The molecule has 0 aliphatic heterocycles. The van der Waals surface area contributed by atoms with Crippen LogP contribution >= 0.6 is 46.4 Å². The minimum atomic E-state index is -2.17. The van der Waals surface area contributed by atoms with E-state index in [9.17, 15) is 4.79 Å². The molecule has 0 aliphatic rings. The predicted octanol–water partition coefficient (Wildman–Crippen LogP) is 2.44. The maximum Gasteiger partial charge on any atom is 0.343 e. The van der Waals surface area contributed by atoms with Crippen LogP contribution < -0.4 is 0 Å². The lowest BCUT2D eigenvalue weighted by Crippen LogP contribution is -2.41. The molecule has 1 N–H and O–H groups in total. The van der Waals surface area contributed by atoms with Crippen LogP contribution in [0.3, 0.4) is 0 Å². The Morgan fingerprint density at radius 2 is 1.60 bits per heavy atom. The second kappa shape index (κ2) is 2.94. The molecule has 0 aromatic carbocycles. The molecule has 10 heavy (non-hydrogen) atoms. The van der Waals surface area contributed by atoms with Crippen molar-refractivity contribution in [1.29, 1.82) is 0 Å². The molecule has 0 rings (SSSR count). The molecule has 0 saturated carbocycles. The van der Waals surface area contributed by atoms with Crippen LogP contribution in [0.4, 0.5) is 0 Å². The topological polar surface area (TPSA) is 37.3 Å². The van der Waals surface area contributed by atoms with Crippen LogP contribution in [0.5, 0.6) is 0 Å². The fourth-order valence-electron chi connectivity index (χ4n) is 0.188. The van der Waals surface area contributed by atoms with Crippen LogP contribution in [-0.4, -0.2) is 19.7 Å². The number of alkyl halides is 4. The zero-order valence-corrected chi connectivity index (χ0v) is 7.89. The van der Waals surface area contributed by atoms with Crippen LogP contribution in [0, 0.1) is 0 Å². The summed E-state index contributed by atoms with van der Waals surface area (Å²) in [5.74, 6) is -1.47. The molecule has 0 amide bonds. The Hall–Kier alpha value is 0.630. The monoisotopic (exact) mass is 224 g/mol. The van der Waals surface area contributed by atoms with Crippen LogP contribution in [0.2, 0.25) is 0 Å². The summed E-state index contributed by atoms with van der Waals surface area (Å²) in [5, 5.41) is 8.34. The Labute approximate surface area is 78.0 Å². The summed E-state index contributed by atoms with van der Waals surface area (Å²) in [6.07, 6.45) is 0. The van der Waals surface area contributed by atoms with Crippen molar-refractivity contribution < 1.29 is 9.90 Å². The van der Waals surface area contributed by atoms with E-state index in [0.29, 0.717) is 0 Å². The summed E-state index contributed by atoms with van der Waals surface area (Å²) in [6, 6.07) is 0. The van der Waals surface area contributed by atoms with E-state index in [1.807, 2.05) is 0 Å². The zero-order chi connectivity index (χ0) is 8.58. The van der Waals surface area contributed by atoms with Crippen molar-refractivity contribution in [3.63, 3.8) is 0 Å². The number of hydrogen-bond acceptors (Lipinski definition) is 1. The Bertz CT molecular complexity index is 148. The van der Waals surface area contributed by atoms with Gasteiger partial charge in [-0.15, -0.1) is 0 Å². The van der Waals surface area contributed by atoms with E-state index in [4.69, 9.17) is 51.5 Å². The molecule has 0 fully saturated rings. The van der Waals surface area contributed by atoms with Gasteiger partial charge in [-0.05, 0) is 6.92 Å². The Balaban J connectivity index is 4.57. The summed E-state index contributed by atoms with van der Waals surface area (Å²) >= 11 is 21.2. The number of carbonyl (C=O) groups is 1. The summed E-state index contributed by atoms with van der Waals surface area (Å²) in [5.41, 5.74) is 0. The number of aliphatic carboxylic acids is 1. The second-order valence-electron chi connectivity index (χ2n) is 1.77. The van der Waals surface area contributed by atoms with Crippen molar-refractivity contribution in [2.45, 2.75) is 15.6 Å². The summed E-state index contributed by atoms with van der Waals surface area (Å²) in [7, 11) is 0.